The number of nitrogens with zero attached hydrogens (tertiary/aromatic N) is 3. The molecule has 1 saturated heterocycles. The number of β-amino-alcohol motifs (C(OH)–C–C–N with tert-alkyl or cyclic N) is 1. The van der Waals surface area contributed by atoms with Crippen LogP contribution in [0.2, 0.25) is 0 Å². The lowest BCUT2D eigenvalue weighted by atomic mass is 9.91. The molecule has 0 bridgehead atoms. The fraction of sp³-hybridized carbons (Fsp3) is 0.424. The average molecular weight is 606 g/mol. The number of carbonyl (C=O) groups is 1. The number of carbonyl (C=O) groups excluding carboxylic acids is 1. The van der Waals surface area contributed by atoms with E-state index in [1.54, 1.807) is 37.4 Å². The first-order valence-electron chi connectivity index (χ1n) is 15.0. The maximum atomic E-state index is 15.1. The molecule has 232 valence electrons. The number of methoxy groups -OCH3 is 1. The smallest absolute Gasteiger partial charge is 0.251 e. The van der Waals surface area contributed by atoms with Crippen LogP contribution in [0.25, 0.3) is 11.3 Å². The van der Waals surface area contributed by atoms with Gasteiger partial charge in [-0.05, 0) is 80.8 Å². The van der Waals surface area contributed by atoms with Gasteiger partial charge in [-0.25, -0.2) is 13.8 Å². The van der Waals surface area contributed by atoms with E-state index in [0.29, 0.717) is 47.8 Å². The van der Waals surface area contributed by atoms with Crippen molar-refractivity contribution >= 4 is 23.5 Å². The molecule has 11 heteroatoms. The predicted octanol–water partition coefficient (Wildman–Crippen LogP) is 4.11. The van der Waals surface area contributed by atoms with Gasteiger partial charge in [0, 0.05) is 47.7 Å². The Morgan fingerprint density at radius 3 is 2.59 bits per heavy atom. The number of amides is 1. The number of aliphatic hydroxyl groups is 2. The van der Waals surface area contributed by atoms with Crippen molar-refractivity contribution in [1.82, 2.24) is 10.3 Å². The number of hydrogen-bond donors (Lipinski definition) is 4. The van der Waals surface area contributed by atoms with Gasteiger partial charge in [-0.2, -0.15) is 0 Å². The van der Waals surface area contributed by atoms with Crippen molar-refractivity contribution in [2.75, 3.05) is 37.4 Å². The lowest BCUT2D eigenvalue weighted by Crippen LogP contribution is -2.43. The fourth-order valence-electron chi connectivity index (χ4n) is 5.67. The van der Waals surface area contributed by atoms with Crippen molar-refractivity contribution in [3.05, 3.63) is 70.4 Å². The van der Waals surface area contributed by atoms with E-state index in [2.05, 4.69) is 10.3 Å². The normalized spacial score (nSPS) is 19.8. The number of aliphatic hydroxyl groups excluding tert-OH is 1. The molecule has 9 nitrogen and oxygen atoms in total. The molecule has 1 aliphatic heterocycles. The van der Waals surface area contributed by atoms with Gasteiger partial charge >= 0.3 is 0 Å². The molecule has 1 amide bonds. The van der Waals surface area contributed by atoms with Gasteiger partial charge in [0.25, 0.3) is 5.91 Å². The van der Waals surface area contributed by atoms with Crippen LogP contribution < -0.4 is 20.7 Å². The minimum absolute atomic E-state index is 0.100. The lowest BCUT2D eigenvalue weighted by Gasteiger charge is -2.30. The van der Waals surface area contributed by atoms with Crippen molar-refractivity contribution in [3.8, 4) is 17.0 Å². The second kappa shape index (κ2) is 11.8. The predicted molar refractivity (Wildman–Crippen MR) is 164 cm³/mol. The molecule has 2 atom stereocenters. The summed E-state index contributed by atoms with van der Waals surface area (Å²) >= 11 is 0. The Labute approximate surface area is 254 Å². The van der Waals surface area contributed by atoms with Gasteiger partial charge in [-0.15, -0.1) is 0 Å². The number of nitrogens with two attached hydrogens (primary N) is 1. The summed E-state index contributed by atoms with van der Waals surface area (Å²) < 4.78 is 34.6. The third-order valence-electron chi connectivity index (χ3n) is 8.71. The molecule has 44 heavy (non-hydrogen) atoms. The number of anilines is 2. The third kappa shape index (κ3) is 6.11. The van der Waals surface area contributed by atoms with Crippen molar-refractivity contribution in [1.29, 1.82) is 0 Å². The van der Waals surface area contributed by atoms with Crippen LogP contribution in [0.15, 0.2) is 41.4 Å². The molecule has 2 aliphatic carbocycles. The zero-order valence-corrected chi connectivity index (χ0v) is 24.8. The van der Waals surface area contributed by atoms with Crippen LogP contribution in [0, 0.1) is 24.5 Å². The van der Waals surface area contributed by atoms with E-state index in [4.69, 9.17) is 15.5 Å². The summed E-state index contributed by atoms with van der Waals surface area (Å²) in [6, 6.07) is 9.12. The van der Waals surface area contributed by atoms with Crippen LogP contribution in [0.3, 0.4) is 0 Å². The van der Waals surface area contributed by atoms with Crippen molar-refractivity contribution in [2.45, 2.75) is 56.8 Å². The molecule has 3 aromatic rings. The van der Waals surface area contributed by atoms with Crippen molar-refractivity contribution in [3.63, 3.8) is 0 Å². The van der Waals surface area contributed by atoms with E-state index >= 15 is 4.39 Å². The van der Waals surface area contributed by atoms with Crippen LogP contribution in [0.5, 0.6) is 5.75 Å². The standard InChI is InChI=1S/C33H37F2N5O4/c1-18-9-25(27(35)14-26(18)34)28-12-23(40-8-7-24(41)16-40)13-30(39-28)33(43,21-3-4-21)17-38-32(42)19-10-20(15-37-22-5-6-22)31(36)29(11-19)44-2/h9-15,21-22,24,41,43H,3-8,16-17,36H2,1-2H3,(H,38,42)/t24-,33-/m1/s1. The molecule has 6 rings (SSSR count). The Bertz CT molecular complexity index is 1620. The second-order valence-electron chi connectivity index (χ2n) is 12.1. The molecule has 5 N–H and O–H groups in total. The number of aromatic nitrogens is 1. The molecule has 3 fully saturated rings. The number of halogens is 2. The highest BCUT2D eigenvalue weighted by molar-refractivity contribution is 5.99. The number of aryl methyl sites for hydroxylation is 1. The molecule has 2 heterocycles. The maximum absolute atomic E-state index is 15.1. The van der Waals surface area contributed by atoms with E-state index in [1.165, 1.54) is 13.2 Å². The van der Waals surface area contributed by atoms with Crippen LogP contribution in [0.4, 0.5) is 20.2 Å². The number of rotatable bonds is 10. The second-order valence-corrected chi connectivity index (χ2v) is 12.1. The summed E-state index contributed by atoms with van der Waals surface area (Å²) in [4.78, 5) is 24.6. The number of benzene rings is 2. The van der Waals surface area contributed by atoms with Crippen molar-refractivity contribution in [2.24, 2.45) is 10.9 Å². The Morgan fingerprint density at radius 1 is 1.16 bits per heavy atom. The van der Waals surface area contributed by atoms with Gasteiger partial charge in [0.15, 0.2) is 0 Å². The summed E-state index contributed by atoms with van der Waals surface area (Å²) in [5, 5.41) is 25.2. The minimum atomic E-state index is -1.57. The van der Waals surface area contributed by atoms with Crippen LogP contribution in [0.1, 0.15) is 59.3 Å². The lowest BCUT2D eigenvalue weighted by molar-refractivity contribution is 0.00962. The van der Waals surface area contributed by atoms with Gasteiger partial charge in [0.2, 0.25) is 0 Å². The largest absolute Gasteiger partial charge is 0.495 e. The summed E-state index contributed by atoms with van der Waals surface area (Å²) in [6.45, 7) is 2.33. The summed E-state index contributed by atoms with van der Waals surface area (Å²) in [7, 11) is 1.47. The zero-order chi connectivity index (χ0) is 31.2. The number of nitrogens with one attached hydrogen (secondary N) is 1. The summed E-state index contributed by atoms with van der Waals surface area (Å²) in [5.41, 5.74) is 7.42. The number of hydrogen-bond acceptors (Lipinski definition) is 8. The Hall–Kier alpha value is -4.09. The van der Waals surface area contributed by atoms with Gasteiger partial charge in [-0.3, -0.25) is 9.79 Å². The molecule has 2 aromatic carbocycles. The van der Waals surface area contributed by atoms with Gasteiger partial charge in [-0.1, -0.05) is 0 Å². The first kappa shape index (κ1) is 30.0. The zero-order valence-electron chi connectivity index (χ0n) is 24.8. The monoisotopic (exact) mass is 605 g/mol. The fourth-order valence-corrected chi connectivity index (χ4v) is 5.67. The Kier molecular flexibility index (Phi) is 8.02. The highest BCUT2D eigenvalue weighted by Gasteiger charge is 2.47. The maximum Gasteiger partial charge on any atom is 0.251 e. The number of aliphatic imine (C=N–C) groups is 1. The first-order valence-corrected chi connectivity index (χ1v) is 15.0. The number of pyridine rings is 1. The Balaban J connectivity index is 1.34. The van der Waals surface area contributed by atoms with E-state index in [9.17, 15) is 19.4 Å². The summed E-state index contributed by atoms with van der Waals surface area (Å²) in [5.74, 6) is -1.72. The highest BCUT2D eigenvalue weighted by atomic mass is 19.1. The topological polar surface area (TPSA) is 133 Å². The van der Waals surface area contributed by atoms with E-state index < -0.39 is 29.2 Å². The average Bonchev–Trinajstić information content (AvgIpc) is 3.95. The molecule has 0 unspecified atom stereocenters. The Morgan fingerprint density at radius 2 is 1.93 bits per heavy atom. The number of nitrogen functional groups attached to an aromatic ring is 1. The van der Waals surface area contributed by atoms with Crippen LogP contribution in [-0.4, -0.2) is 66.2 Å². The van der Waals surface area contributed by atoms with Crippen LogP contribution >= 0.6 is 0 Å². The van der Waals surface area contributed by atoms with Gasteiger partial charge in [0.05, 0.1) is 42.9 Å². The molecule has 2 saturated carbocycles. The third-order valence-corrected chi connectivity index (χ3v) is 8.71. The van der Waals surface area contributed by atoms with E-state index in [1.807, 2.05) is 4.90 Å². The molecule has 3 aliphatic rings. The number of ether oxygens (including phenoxy) is 1. The molecular weight excluding hydrogens is 568 g/mol. The van der Waals surface area contributed by atoms with E-state index in [-0.39, 0.29) is 41.0 Å². The van der Waals surface area contributed by atoms with Crippen molar-refractivity contribution < 1.29 is 28.5 Å². The SMILES string of the molecule is COc1cc(C(=O)NC[C@](O)(c2cc(N3CC[C@@H](O)C3)cc(-c3cc(C)c(F)cc3F)n2)C2CC2)cc(C=NC2CC2)c1N. The van der Waals surface area contributed by atoms with Crippen LogP contribution in [-0.2, 0) is 5.60 Å². The summed E-state index contributed by atoms with van der Waals surface area (Å²) in [6.07, 6.45) is 5.20. The first-order chi connectivity index (χ1) is 21.0. The molecule has 0 radical (unpaired) electrons. The quantitative estimate of drug-likeness (QED) is 0.202. The van der Waals surface area contributed by atoms with Gasteiger partial charge < -0.3 is 30.9 Å². The van der Waals surface area contributed by atoms with Gasteiger partial charge in [0.1, 0.15) is 23.0 Å². The molecular formula is C33H37F2N5O4. The van der Waals surface area contributed by atoms with E-state index in [0.717, 1.165) is 31.7 Å². The molecule has 1 aromatic heterocycles. The molecule has 0 spiro atoms. The highest BCUT2D eigenvalue weighted by Crippen LogP contribution is 2.46. The minimum Gasteiger partial charge on any atom is -0.495 e.